The summed E-state index contributed by atoms with van der Waals surface area (Å²) in [7, 11) is 1.56. The number of hydrogen-bond acceptors (Lipinski definition) is 4. The molecule has 0 fully saturated rings. The van der Waals surface area contributed by atoms with Crippen molar-refractivity contribution in [3.8, 4) is 0 Å². The summed E-state index contributed by atoms with van der Waals surface area (Å²) in [5.41, 5.74) is 2.68. The van der Waals surface area contributed by atoms with Crippen molar-refractivity contribution in [2.75, 3.05) is 20.3 Å². The summed E-state index contributed by atoms with van der Waals surface area (Å²) < 4.78 is 4.82. The van der Waals surface area contributed by atoms with Crippen molar-refractivity contribution in [1.82, 2.24) is 10.7 Å². The van der Waals surface area contributed by atoms with Crippen LogP contribution in [0.2, 0.25) is 10.0 Å². The number of halogens is 2. The van der Waals surface area contributed by atoms with Gasteiger partial charge in [0.25, 0.3) is 0 Å². The number of ether oxygens (including phenoxy) is 1. The molecule has 0 atom stereocenters. The van der Waals surface area contributed by atoms with Gasteiger partial charge in [-0.2, -0.15) is 5.10 Å². The summed E-state index contributed by atoms with van der Waals surface area (Å²) in [6.07, 6.45) is 1.95. The van der Waals surface area contributed by atoms with Gasteiger partial charge in [0, 0.05) is 30.8 Å². The highest BCUT2D eigenvalue weighted by atomic mass is 35.5. The van der Waals surface area contributed by atoms with Gasteiger partial charge in [0.15, 0.2) is 0 Å². The van der Waals surface area contributed by atoms with Gasteiger partial charge in [-0.05, 0) is 18.6 Å². The number of hydrogen-bond donors (Lipinski definition) is 2. The van der Waals surface area contributed by atoms with E-state index >= 15 is 0 Å². The van der Waals surface area contributed by atoms with Crippen molar-refractivity contribution in [1.29, 1.82) is 0 Å². The largest absolute Gasteiger partial charge is 0.385 e. The Balaban J connectivity index is 2.41. The molecule has 0 aliphatic rings. The third-order valence-corrected chi connectivity index (χ3v) is 2.91. The van der Waals surface area contributed by atoms with Gasteiger partial charge < -0.3 is 10.1 Å². The summed E-state index contributed by atoms with van der Waals surface area (Å²) in [6, 6.07) is 4.83. The summed E-state index contributed by atoms with van der Waals surface area (Å²) in [5, 5.41) is 6.99. The van der Waals surface area contributed by atoms with E-state index in [0.29, 0.717) is 35.2 Å². The summed E-state index contributed by atoms with van der Waals surface area (Å²) in [4.78, 5) is 22.8. The number of nitrogens with one attached hydrogen (secondary N) is 2. The van der Waals surface area contributed by atoms with Gasteiger partial charge in [0.05, 0.1) is 11.2 Å². The number of nitrogens with zero attached hydrogens (tertiary/aromatic N) is 1. The first-order valence-electron chi connectivity index (χ1n) is 6.10. The number of carbonyl (C=O) groups excluding carboxylic acids is 2. The Morgan fingerprint density at radius 2 is 2.10 bits per heavy atom. The Bertz CT molecular complexity index is 535. The lowest BCUT2D eigenvalue weighted by Gasteiger charge is -2.03. The number of benzene rings is 1. The lowest BCUT2D eigenvalue weighted by molar-refractivity contribution is -0.139. The first kappa shape index (κ1) is 17.4. The van der Waals surface area contributed by atoms with E-state index in [9.17, 15) is 9.59 Å². The van der Waals surface area contributed by atoms with Crippen LogP contribution in [0.3, 0.4) is 0 Å². The molecular formula is C13H15Cl2N3O3. The molecule has 1 aromatic carbocycles. The van der Waals surface area contributed by atoms with Crippen molar-refractivity contribution < 1.29 is 14.3 Å². The number of hydrazone groups is 1. The number of rotatable bonds is 6. The Labute approximate surface area is 132 Å². The minimum Gasteiger partial charge on any atom is -0.385 e. The molecule has 0 saturated carbocycles. The molecular weight excluding hydrogens is 317 g/mol. The average molecular weight is 332 g/mol. The van der Waals surface area contributed by atoms with Crippen LogP contribution in [0, 0.1) is 0 Å². The fourth-order valence-electron chi connectivity index (χ4n) is 1.32. The average Bonchev–Trinajstić information content (AvgIpc) is 2.45. The van der Waals surface area contributed by atoms with E-state index in [1.165, 1.54) is 6.21 Å². The van der Waals surface area contributed by atoms with Gasteiger partial charge in [-0.1, -0.05) is 29.3 Å². The molecule has 0 aliphatic carbocycles. The van der Waals surface area contributed by atoms with Gasteiger partial charge in [0.1, 0.15) is 0 Å². The van der Waals surface area contributed by atoms with Crippen LogP contribution in [0.15, 0.2) is 23.3 Å². The van der Waals surface area contributed by atoms with Crippen LogP contribution in [0.5, 0.6) is 0 Å². The maximum atomic E-state index is 11.4. The fraction of sp³-hybridized carbons (Fsp3) is 0.308. The molecule has 1 aromatic rings. The summed E-state index contributed by atoms with van der Waals surface area (Å²) in [5.74, 6) is -1.61. The molecule has 0 bridgehead atoms. The van der Waals surface area contributed by atoms with Crippen molar-refractivity contribution in [2.45, 2.75) is 6.42 Å². The highest BCUT2D eigenvalue weighted by molar-refractivity contribution is 6.36. The van der Waals surface area contributed by atoms with Gasteiger partial charge in [-0.15, -0.1) is 0 Å². The molecule has 0 spiro atoms. The highest BCUT2D eigenvalue weighted by Gasteiger charge is 2.11. The Morgan fingerprint density at radius 1 is 1.33 bits per heavy atom. The lowest BCUT2D eigenvalue weighted by atomic mass is 10.2. The van der Waals surface area contributed by atoms with Crippen molar-refractivity contribution in [2.24, 2.45) is 5.10 Å². The van der Waals surface area contributed by atoms with Crippen LogP contribution in [0.25, 0.3) is 0 Å². The van der Waals surface area contributed by atoms with E-state index in [0.717, 1.165) is 0 Å². The molecule has 2 amide bonds. The van der Waals surface area contributed by atoms with Crippen molar-refractivity contribution in [3.05, 3.63) is 33.8 Å². The summed E-state index contributed by atoms with van der Waals surface area (Å²) in [6.45, 7) is 0.863. The van der Waals surface area contributed by atoms with Crippen LogP contribution < -0.4 is 10.7 Å². The number of amides is 2. The van der Waals surface area contributed by atoms with Gasteiger partial charge in [0.2, 0.25) is 0 Å². The first-order valence-corrected chi connectivity index (χ1v) is 6.85. The zero-order chi connectivity index (χ0) is 15.7. The second-order valence-electron chi connectivity index (χ2n) is 3.97. The molecule has 0 aliphatic heterocycles. The molecule has 6 nitrogen and oxygen atoms in total. The van der Waals surface area contributed by atoms with Crippen molar-refractivity contribution in [3.63, 3.8) is 0 Å². The molecule has 114 valence electrons. The van der Waals surface area contributed by atoms with Gasteiger partial charge in [-0.3, -0.25) is 9.59 Å². The van der Waals surface area contributed by atoms with Crippen LogP contribution in [-0.4, -0.2) is 38.3 Å². The molecule has 2 N–H and O–H groups in total. The van der Waals surface area contributed by atoms with Gasteiger partial charge >= 0.3 is 11.8 Å². The summed E-state index contributed by atoms with van der Waals surface area (Å²) >= 11 is 11.7. The topological polar surface area (TPSA) is 79.8 Å². The zero-order valence-electron chi connectivity index (χ0n) is 11.4. The smallest absolute Gasteiger partial charge is 0.329 e. The lowest BCUT2D eigenvalue weighted by Crippen LogP contribution is -2.38. The third kappa shape index (κ3) is 6.57. The molecule has 21 heavy (non-hydrogen) atoms. The second-order valence-corrected chi connectivity index (χ2v) is 4.81. The van der Waals surface area contributed by atoms with Gasteiger partial charge in [-0.25, -0.2) is 5.43 Å². The fourth-order valence-corrected chi connectivity index (χ4v) is 1.77. The molecule has 0 heterocycles. The van der Waals surface area contributed by atoms with E-state index in [1.54, 1.807) is 25.3 Å². The Hall–Kier alpha value is -1.63. The molecule has 0 aromatic heterocycles. The van der Waals surface area contributed by atoms with E-state index in [2.05, 4.69) is 15.8 Å². The van der Waals surface area contributed by atoms with Crippen LogP contribution in [-0.2, 0) is 14.3 Å². The zero-order valence-corrected chi connectivity index (χ0v) is 12.9. The van der Waals surface area contributed by atoms with Crippen LogP contribution >= 0.6 is 23.2 Å². The Kier molecular flexibility index (Phi) is 7.74. The van der Waals surface area contributed by atoms with E-state index in [4.69, 9.17) is 27.9 Å². The predicted molar refractivity (Wildman–Crippen MR) is 81.7 cm³/mol. The van der Waals surface area contributed by atoms with Crippen molar-refractivity contribution >= 4 is 41.2 Å². The number of methoxy groups -OCH3 is 1. The maximum Gasteiger partial charge on any atom is 0.329 e. The maximum absolute atomic E-state index is 11.4. The first-order chi connectivity index (χ1) is 10.0. The molecule has 0 unspecified atom stereocenters. The van der Waals surface area contributed by atoms with E-state index in [-0.39, 0.29) is 0 Å². The predicted octanol–water partition coefficient (Wildman–Crippen LogP) is 1.60. The minimum absolute atomic E-state index is 0.354. The SMILES string of the molecule is COCCCNC(=O)C(=O)N/N=C\c1ccc(Cl)cc1Cl. The minimum atomic E-state index is -0.853. The van der Waals surface area contributed by atoms with Crippen LogP contribution in [0.4, 0.5) is 0 Å². The van der Waals surface area contributed by atoms with E-state index in [1.807, 2.05) is 0 Å². The Morgan fingerprint density at radius 3 is 2.76 bits per heavy atom. The van der Waals surface area contributed by atoms with E-state index < -0.39 is 11.8 Å². The third-order valence-electron chi connectivity index (χ3n) is 2.35. The van der Waals surface area contributed by atoms with Crippen LogP contribution in [0.1, 0.15) is 12.0 Å². The highest BCUT2D eigenvalue weighted by Crippen LogP contribution is 2.19. The monoisotopic (exact) mass is 331 g/mol. The molecule has 1 rings (SSSR count). The second kappa shape index (κ2) is 9.33. The molecule has 8 heteroatoms. The number of carbonyl (C=O) groups is 2. The molecule has 0 saturated heterocycles. The standard InChI is InChI=1S/C13H15Cl2N3O3/c1-21-6-2-5-16-12(19)13(20)18-17-8-9-3-4-10(14)7-11(9)15/h3-4,7-8H,2,5-6H2,1H3,(H,16,19)(H,18,20)/b17-8-. The normalized spacial score (nSPS) is 10.6. The quantitative estimate of drug-likeness (QED) is 0.359. The molecule has 0 radical (unpaired) electrons.